The van der Waals surface area contributed by atoms with Crippen LogP contribution >= 0.6 is 15.9 Å². The fourth-order valence-corrected chi connectivity index (χ4v) is 2.20. The molecule has 0 unspecified atom stereocenters. The molecule has 0 aliphatic carbocycles. The summed E-state index contributed by atoms with van der Waals surface area (Å²) in [6.45, 7) is 3.46. The van der Waals surface area contributed by atoms with Gasteiger partial charge in [-0.25, -0.2) is 4.39 Å². The van der Waals surface area contributed by atoms with Gasteiger partial charge in [-0.1, -0.05) is 0 Å². The molecule has 2 rings (SSSR count). The van der Waals surface area contributed by atoms with Crippen molar-refractivity contribution in [1.82, 2.24) is 4.98 Å². The van der Waals surface area contributed by atoms with Crippen molar-refractivity contribution < 1.29 is 13.9 Å². The van der Waals surface area contributed by atoms with Gasteiger partial charge in [0, 0.05) is 11.8 Å². The van der Waals surface area contributed by atoms with Gasteiger partial charge in [-0.15, -0.1) is 0 Å². The summed E-state index contributed by atoms with van der Waals surface area (Å²) >= 11 is 3.08. The highest BCUT2D eigenvalue weighted by atomic mass is 79.9. The highest BCUT2D eigenvalue weighted by molar-refractivity contribution is 9.10. The molecule has 20 heavy (non-hydrogen) atoms. The van der Waals surface area contributed by atoms with Gasteiger partial charge in [0.05, 0.1) is 10.2 Å². The first kappa shape index (κ1) is 14.5. The van der Waals surface area contributed by atoms with Crippen LogP contribution in [0.4, 0.5) is 4.39 Å². The summed E-state index contributed by atoms with van der Waals surface area (Å²) in [5, 5.41) is 0. The molecule has 1 aromatic heterocycles. The van der Waals surface area contributed by atoms with Crippen molar-refractivity contribution >= 4 is 21.8 Å². The van der Waals surface area contributed by atoms with Crippen LogP contribution in [0.25, 0.3) is 0 Å². The predicted molar refractivity (Wildman–Crippen MR) is 76.4 cm³/mol. The Balaban J connectivity index is 2.47. The molecule has 0 aliphatic rings. The smallest absolute Gasteiger partial charge is 0.254 e. The zero-order chi connectivity index (χ0) is 14.9. The van der Waals surface area contributed by atoms with Crippen LogP contribution in [-0.2, 0) is 0 Å². The Morgan fingerprint density at radius 1 is 1.35 bits per heavy atom. The molecule has 0 fully saturated rings. The molecule has 0 spiro atoms. The Kier molecular flexibility index (Phi) is 4.04. The van der Waals surface area contributed by atoms with Gasteiger partial charge in [0.15, 0.2) is 0 Å². The van der Waals surface area contributed by atoms with Crippen LogP contribution in [0.1, 0.15) is 21.7 Å². The molecule has 1 heterocycles. The van der Waals surface area contributed by atoms with E-state index in [0.29, 0.717) is 22.9 Å². The topological polar surface area (TPSA) is 65.2 Å². The minimum absolute atomic E-state index is 0.219. The van der Waals surface area contributed by atoms with Crippen LogP contribution in [0.15, 0.2) is 28.7 Å². The lowest BCUT2D eigenvalue weighted by Gasteiger charge is -2.12. The second-order valence-electron chi connectivity index (χ2n) is 4.26. The number of benzene rings is 1. The van der Waals surface area contributed by atoms with Crippen molar-refractivity contribution in [3.05, 3.63) is 51.5 Å². The third-order valence-corrected chi connectivity index (χ3v) is 3.27. The van der Waals surface area contributed by atoms with E-state index in [2.05, 4.69) is 20.9 Å². The van der Waals surface area contributed by atoms with Crippen molar-refractivity contribution in [1.29, 1.82) is 0 Å². The SMILES string of the molecule is Cc1cc(Oc2ccc(F)c(Br)c2)c(C(N)=O)c(C)n1. The third kappa shape index (κ3) is 2.96. The van der Waals surface area contributed by atoms with Gasteiger partial charge in [-0.05, 0) is 48.0 Å². The average molecular weight is 339 g/mol. The fraction of sp³-hybridized carbons (Fsp3) is 0.143. The molecule has 2 aromatic rings. The molecule has 0 radical (unpaired) electrons. The lowest BCUT2D eigenvalue weighted by molar-refractivity contribution is 0.0997. The monoisotopic (exact) mass is 338 g/mol. The number of aryl methyl sites for hydroxylation is 2. The van der Waals surface area contributed by atoms with Crippen molar-refractivity contribution in [2.24, 2.45) is 5.73 Å². The first-order valence-corrected chi connectivity index (χ1v) is 6.58. The molecular formula is C14H12BrFN2O2. The molecule has 1 amide bonds. The van der Waals surface area contributed by atoms with Crippen LogP contribution in [0.5, 0.6) is 11.5 Å². The van der Waals surface area contributed by atoms with Gasteiger partial charge >= 0.3 is 0 Å². The number of ether oxygens (including phenoxy) is 1. The largest absolute Gasteiger partial charge is 0.456 e. The zero-order valence-electron chi connectivity index (χ0n) is 10.9. The second kappa shape index (κ2) is 5.58. The number of halogens is 2. The van der Waals surface area contributed by atoms with Crippen LogP contribution in [-0.4, -0.2) is 10.9 Å². The number of hydrogen-bond acceptors (Lipinski definition) is 3. The minimum Gasteiger partial charge on any atom is -0.456 e. The molecule has 2 N–H and O–H groups in total. The van der Waals surface area contributed by atoms with E-state index < -0.39 is 11.7 Å². The van der Waals surface area contributed by atoms with E-state index in [9.17, 15) is 9.18 Å². The average Bonchev–Trinajstić information content (AvgIpc) is 2.32. The summed E-state index contributed by atoms with van der Waals surface area (Å²) in [5.41, 5.74) is 6.76. The lowest BCUT2D eigenvalue weighted by Crippen LogP contribution is -2.15. The molecule has 0 bridgehead atoms. The van der Waals surface area contributed by atoms with Crippen molar-refractivity contribution in [3.63, 3.8) is 0 Å². The van der Waals surface area contributed by atoms with E-state index in [4.69, 9.17) is 10.5 Å². The fourth-order valence-electron chi connectivity index (χ4n) is 1.84. The van der Waals surface area contributed by atoms with Gasteiger partial charge in [0.1, 0.15) is 22.9 Å². The maximum Gasteiger partial charge on any atom is 0.254 e. The van der Waals surface area contributed by atoms with Crippen LogP contribution in [0.2, 0.25) is 0 Å². The first-order chi connectivity index (χ1) is 9.38. The summed E-state index contributed by atoms with van der Waals surface area (Å²) in [5.74, 6) is -0.312. The molecule has 4 nitrogen and oxygen atoms in total. The number of amides is 1. The lowest BCUT2D eigenvalue weighted by atomic mass is 10.1. The molecule has 0 saturated carbocycles. The van der Waals surface area contributed by atoms with Crippen LogP contribution < -0.4 is 10.5 Å². The molecular weight excluding hydrogens is 327 g/mol. The number of pyridine rings is 1. The number of primary amides is 1. The van der Waals surface area contributed by atoms with Crippen molar-refractivity contribution in [2.45, 2.75) is 13.8 Å². The molecule has 0 aliphatic heterocycles. The molecule has 0 saturated heterocycles. The summed E-state index contributed by atoms with van der Waals surface area (Å²) in [6, 6.07) is 5.83. The summed E-state index contributed by atoms with van der Waals surface area (Å²) in [6.07, 6.45) is 0. The van der Waals surface area contributed by atoms with E-state index in [1.165, 1.54) is 18.2 Å². The van der Waals surface area contributed by atoms with E-state index in [0.717, 1.165) is 0 Å². The third-order valence-electron chi connectivity index (χ3n) is 2.66. The number of nitrogens with zero attached hydrogens (tertiary/aromatic N) is 1. The normalized spacial score (nSPS) is 10.4. The minimum atomic E-state index is -0.619. The van der Waals surface area contributed by atoms with Crippen molar-refractivity contribution in [2.75, 3.05) is 0 Å². The van der Waals surface area contributed by atoms with E-state index in [1.54, 1.807) is 19.9 Å². The summed E-state index contributed by atoms with van der Waals surface area (Å²) < 4.78 is 19.1. The maximum atomic E-state index is 13.2. The van der Waals surface area contributed by atoms with Gasteiger partial charge in [0.2, 0.25) is 0 Å². The predicted octanol–water partition coefficient (Wildman–Crippen LogP) is 3.49. The Morgan fingerprint density at radius 2 is 2.05 bits per heavy atom. The molecule has 0 atom stereocenters. The Morgan fingerprint density at radius 3 is 2.65 bits per heavy atom. The van der Waals surface area contributed by atoms with Gasteiger partial charge in [-0.2, -0.15) is 0 Å². The van der Waals surface area contributed by atoms with E-state index in [1.807, 2.05) is 0 Å². The first-order valence-electron chi connectivity index (χ1n) is 5.79. The highest BCUT2D eigenvalue weighted by Crippen LogP contribution is 2.30. The van der Waals surface area contributed by atoms with Crippen LogP contribution in [0, 0.1) is 19.7 Å². The Labute approximate surface area is 123 Å². The summed E-state index contributed by atoms with van der Waals surface area (Å²) in [7, 11) is 0. The van der Waals surface area contributed by atoms with E-state index in [-0.39, 0.29) is 10.0 Å². The number of carbonyl (C=O) groups is 1. The molecule has 6 heteroatoms. The number of nitrogens with two attached hydrogens (primary N) is 1. The number of carbonyl (C=O) groups excluding carboxylic acids is 1. The maximum absolute atomic E-state index is 13.2. The standard InChI is InChI=1S/C14H12BrFN2O2/c1-7-5-12(13(14(17)19)8(2)18-7)20-9-3-4-11(16)10(15)6-9/h3-6H,1-2H3,(H2,17,19). The number of hydrogen-bond donors (Lipinski definition) is 1. The van der Waals surface area contributed by atoms with E-state index >= 15 is 0 Å². The van der Waals surface area contributed by atoms with Crippen LogP contribution in [0.3, 0.4) is 0 Å². The number of aromatic nitrogens is 1. The van der Waals surface area contributed by atoms with Crippen molar-refractivity contribution in [3.8, 4) is 11.5 Å². The quantitative estimate of drug-likeness (QED) is 0.931. The number of rotatable bonds is 3. The Hall–Kier alpha value is -1.95. The van der Waals surface area contributed by atoms with Gasteiger partial charge < -0.3 is 10.5 Å². The zero-order valence-corrected chi connectivity index (χ0v) is 12.5. The second-order valence-corrected chi connectivity index (χ2v) is 5.12. The highest BCUT2D eigenvalue weighted by Gasteiger charge is 2.16. The summed E-state index contributed by atoms with van der Waals surface area (Å²) in [4.78, 5) is 15.7. The molecule has 1 aromatic carbocycles. The molecule has 104 valence electrons. The van der Waals surface area contributed by atoms with Gasteiger partial charge in [-0.3, -0.25) is 9.78 Å². The Bertz CT molecular complexity index is 689. The van der Waals surface area contributed by atoms with Gasteiger partial charge in [0.25, 0.3) is 5.91 Å².